The van der Waals surface area contributed by atoms with Crippen LogP contribution in [0.2, 0.25) is 0 Å². The molecule has 17 heavy (non-hydrogen) atoms. The highest BCUT2D eigenvalue weighted by atomic mass is 16.3. The van der Waals surface area contributed by atoms with Crippen LogP contribution < -0.4 is 0 Å². The van der Waals surface area contributed by atoms with Gasteiger partial charge in [-0.15, -0.1) is 13.2 Å². The fraction of sp³-hybridized carbons (Fsp3) is 0.214. The largest absolute Gasteiger partial charge is 0.507 e. The average molecular weight is 232 g/mol. The molecule has 0 radical (unpaired) electrons. The summed E-state index contributed by atoms with van der Waals surface area (Å²) in [5.41, 5.74) is 1.14. The van der Waals surface area contributed by atoms with E-state index in [4.69, 9.17) is 0 Å². The lowest BCUT2D eigenvalue weighted by molar-refractivity contribution is 0.101. The second-order valence-electron chi connectivity index (χ2n) is 3.81. The third-order valence-corrected chi connectivity index (χ3v) is 2.51. The van der Waals surface area contributed by atoms with Gasteiger partial charge in [-0.25, -0.2) is 0 Å². The second kappa shape index (κ2) is 5.34. The van der Waals surface area contributed by atoms with Crippen LogP contribution in [0.5, 0.6) is 11.5 Å². The van der Waals surface area contributed by atoms with Gasteiger partial charge < -0.3 is 10.2 Å². The molecule has 1 aromatic carbocycles. The number of allylic oxidation sites excluding steroid dienone is 2. The number of rotatable bonds is 5. The van der Waals surface area contributed by atoms with E-state index in [0.717, 1.165) is 0 Å². The molecule has 0 aliphatic rings. The summed E-state index contributed by atoms with van der Waals surface area (Å²) in [6, 6.07) is 1.67. The minimum Gasteiger partial charge on any atom is -0.507 e. The van der Waals surface area contributed by atoms with Gasteiger partial charge in [0.05, 0.1) is 0 Å². The first-order valence-corrected chi connectivity index (χ1v) is 5.32. The molecule has 0 fully saturated rings. The van der Waals surface area contributed by atoms with E-state index in [1.807, 2.05) is 0 Å². The van der Waals surface area contributed by atoms with Crippen molar-refractivity contribution in [2.45, 2.75) is 19.8 Å². The van der Waals surface area contributed by atoms with E-state index in [1.165, 1.54) is 6.92 Å². The molecule has 0 unspecified atom stereocenters. The van der Waals surface area contributed by atoms with Gasteiger partial charge in [-0.1, -0.05) is 12.2 Å². The average Bonchev–Trinajstić information content (AvgIpc) is 2.25. The number of phenols is 2. The molecule has 0 amide bonds. The van der Waals surface area contributed by atoms with Crippen LogP contribution in [-0.4, -0.2) is 16.0 Å². The van der Waals surface area contributed by atoms with Gasteiger partial charge in [0.2, 0.25) is 0 Å². The summed E-state index contributed by atoms with van der Waals surface area (Å²) in [7, 11) is 0. The normalized spacial score (nSPS) is 9.94. The molecular weight excluding hydrogens is 216 g/mol. The number of carbonyl (C=O) groups is 1. The van der Waals surface area contributed by atoms with Crippen LogP contribution in [0.1, 0.15) is 28.4 Å². The van der Waals surface area contributed by atoms with Crippen LogP contribution in [-0.2, 0) is 12.8 Å². The van der Waals surface area contributed by atoms with Gasteiger partial charge in [0, 0.05) is 0 Å². The maximum atomic E-state index is 11.4. The number of phenolic OH excluding ortho intramolecular Hbond substituents is 2. The summed E-state index contributed by atoms with van der Waals surface area (Å²) in [6.07, 6.45) is 4.15. The monoisotopic (exact) mass is 232 g/mol. The smallest absolute Gasteiger partial charge is 0.167 e. The van der Waals surface area contributed by atoms with E-state index < -0.39 is 0 Å². The molecule has 1 aromatic rings. The summed E-state index contributed by atoms with van der Waals surface area (Å²) in [6.45, 7) is 8.49. The molecule has 0 spiro atoms. The Balaban J connectivity index is 3.50. The topological polar surface area (TPSA) is 57.5 Å². The van der Waals surface area contributed by atoms with Gasteiger partial charge in [-0.05, 0) is 37.0 Å². The van der Waals surface area contributed by atoms with E-state index in [2.05, 4.69) is 13.2 Å². The SMILES string of the molecule is C=CCc1cc(CC=C)c(O)c(C(C)=O)c1O. The molecule has 3 nitrogen and oxygen atoms in total. The molecule has 3 heteroatoms. The number of hydrogen-bond donors (Lipinski definition) is 2. The third kappa shape index (κ3) is 2.56. The van der Waals surface area contributed by atoms with Crippen LogP contribution in [0, 0.1) is 0 Å². The van der Waals surface area contributed by atoms with Crippen molar-refractivity contribution in [2.75, 3.05) is 0 Å². The molecule has 0 aromatic heterocycles. The molecule has 1 rings (SSSR count). The first kappa shape index (κ1) is 13.0. The Morgan fingerprint density at radius 3 is 1.88 bits per heavy atom. The van der Waals surface area contributed by atoms with Crippen LogP contribution in [0.3, 0.4) is 0 Å². The van der Waals surface area contributed by atoms with E-state index >= 15 is 0 Å². The first-order chi connectivity index (χ1) is 8.02. The Bertz CT molecular complexity index is 439. The number of Topliss-reactive ketones (excluding diaryl/α,β-unsaturated/α-hetero) is 1. The predicted molar refractivity (Wildman–Crippen MR) is 67.6 cm³/mol. The van der Waals surface area contributed by atoms with Crippen LogP contribution >= 0.6 is 0 Å². The van der Waals surface area contributed by atoms with Gasteiger partial charge >= 0.3 is 0 Å². The maximum absolute atomic E-state index is 11.4. The Kier molecular flexibility index (Phi) is 4.10. The van der Waals surface area contributed by atoms with Crippen molar-refractivity contribution < 1.29 is 15.0 Å². The molecule has 0 saturated heterocycles. The summed E-state index contributed by atoms with van der Waals surface area (Å²) in [4.78, 5) is 11.4. The zero-order chi connectivity index (χ0) is 13.0. The highest BCUT2D eigenvalue weighted by Crippen LogP contribution is 2.35. The number of hydrogen-bond acceptors (Lipinski definition) is 3. The molecule has 0 saturated carbocycles. The second-order valence-corrected chi connectivity index (χ2v) is 3.81. The predicted octanol–water partition coefficient (Wildman–Crippen LogP) is 2.76. The highest BCUT2D eigenvalue weighted by molar-refractivity contribution is 6.00. The van der Waals surface area contributed by atoms with Crippen molar-refractivity contribution in [2.24, 2.45) is 0 Å². The Labute approximate surface area is 101 Å². The van der Waals surface area contributed by atoms with E-state index in [9.17, 15) is 15.0 Å². The Morgan fingerprint density at radius 1 is 1.18 bits per heavy atom. The van der Waals surface area contributed by atoms with Gasteiger partial charge in [0.25, 0.3) is 0 Å². The van der Waals surface area contributed by atoms with Crippen LogP contribution in [0.15, 0.2) is 31.4 Å². The molecule has 0 bridgehead atoms. The van der Waals surface area contributed by atoms with Crippen LogP contribution in [0.4, 0.5) is 0 Å². The third-order valence-electron chi connectivity index (χ3n) is 2.51. The number of aromatic hydroxyl groups is 2. The van der Waals surface area contributed by atoms with Gasteiger partial charge in [-0.2, -0.15) is 0 Å². The Morgan fingerprint density at radius 2 is 1.59 bits per heavy atom. The maximum Gasteiger partial charge on any atom is 0.167 e. The van der Waals surface area contributed by atoms with Gasteiger partial charge in [-0.3, -0.25) is 4.79 Å². The van der Waals surface area contributed by atoms with Crippen molar-refractivity contribution in [3.05, 3.63) is 48.1 Å². The molecule has 90 valence electrons. The zero-order valence-corrected chi connectivity index (χ0v) is 9.86. The highest BCUT2D eigenvalue weighted by Gasteiger charge is 2.19. The quantitative estimate of drug-likeness (QED) is 0.606. The number of benzene rings is 1. The van der Waals surface area contributed by atoms with Crippen molar-refractivity contribution in [3.63, 3.8) is 0 Å². The van der Waals surface area contributed by atoms with E-state index in [1.54, 1.807) is 18.2 Å². The van der Waals surface area contributed by atoms with Gasteiger partial charge in [0.1, 0.15) is 17.1 Å². The summed E-state index contributed by atoms with van der Waals surface area (Å²) in [5, 5.41) is 19.8. The van der Waals surface area contributed by atoms with Crippen molar-refractivity contribution in [1.82, 2.24) is 0 Å². The molecule has 0 atom stereocenters. The molecule has 2 N–H and O–H groups in total. The van der Waals surface area contributed by atoms with Crippen molar-refractivity contribution in [1.29, 1.82) is 0 Å². The van der Waals surface area contributed by atoms with Gasteiger partial charge in [0.15, 0.2) is 5.78 Å². The minimum absolute atomic E-state index is 0.0267. The standard InChI is InChI=1S/C14H16O3/c1-4-6-10-8-11(7-5-2)14(17)12(9(3)15)13(10)16/h4-5,8,16-17H,1-2,6-7H2,3H3. The fourth-order valence-corrected chi connectivity index (χ4v) is 1.74. The lowest BCUT2D eigenvalue weighted by atomic mass is 9.96. The molecule has 0 aliphatic carbocycles. The molecule has 0 heterocycles. The lowest BCUT2D eigenvalue weighted by Gasteiger charge is -2.12. The Hall–Kier alpha value is -2.03. The molecular formula is C14H16O3. The fourth-order valence-electron chi connectivity index (χ4n) is 1.74. The van der Waals surface area contributed by atoms with E-state index in [0.29, 0.717) is 24.0 Å². The zero-order valence-electron chi connectivity index (χ0n) is 9.86. The molecule has 0 aliphatic heterocycles. The first-order valence-electron chi connectivity index (χ1n) is 5.32. The van der Waals surface area contributed by atoms with Crippen LogP contribution in [0.25, 0.3) is 0 Å². The summed E-state index contributed by atoms with van der Waals surface area (Å²) >= 11 is 0. The summed E-state index contributed by atoms with van der Waals surface area (Å²) in [5.74, 6) is -0.693. The lowest BCUT2D eigenvalue weighted by Crippen LogP contribution is -2.00. The van der Waals surface area contributed by atoms with E-state index in [-0.39, 0.29) is 22.8 Å². The van der Waals surface area contributed by atoms with Crippen molar-refractivity contribution in [3.8, 4) is 11.5 Å². The van der Waals surface area contributed by atoms with Crippen molar-refractivity contribution >= 4 is 5.78 Å². The summed E-state index contributed by atoms with van der Waals surface area (Å²) < 4.78 is 0. The number of ketones is 1. The number of carbonyl (C=O) groups excluding carboxylic acids is 1. The minimum atomic E-state index is -0.365.